The lowest BCUT2D eigenvalue weighted by atomic mass is 9.98. The van der Waals surface area contributed by atoms with Crippen molar-refractivity contribution in [1.29, 1.82) is 0 Å². The Morgan fingerprint density at radius 1 is 1.21 bits per heavy atom. The third kappa shape index (κ3) is 3.47. The third-order valence-electron chi connectivity index (χ3n) is 5.20. The molecule has 0 aliphatic carbocycles. The molecule has 146 valence electrons. The minimum absolute atomic E-state index is 0.0877. The van der Waals surface area contributed by atoms with Crippen molar-refractivity contribution in [2.75, 3.05) is 26.7 Å². The summed E-state index contributed by atoms with van der Waals surface area (Å²) < 4.78 is 5.15. The van der Waals surface area contributed by atoms with Gasteiger partial charge in [0.25, 0.3) is 5.91 Å². The number of nitrogens with one attached hydrogen (secondary N) is 1. The monoisotopic (exact) mass is 399 g/mol. The van der Waals surface area contributed by atoms with Crippen LogP contribution >= 0.6 is 11.3 Å². The molecular formula is C20H21N3O4S. The summed E-state index contributed by atoms with van der Waals surface area (Å²) in [5.74, 6) is 0.357. The molecule has 2 saturated heterocycles. The zero-order chi connectivity index (χ0) is 19.7. The van der Waals surface area contributed by atoms with Crippen molar-refractivity contribution in [2.45, 2.75) is 18.5 Å². The van der Waals surface area contributed by atoms with Crippen LogP contribution in [0.2, 0.25) is 0 Å². The zero-order valence-electron chi connectivity index (χ0n) is 15.5. The average molecular weight is 399 g/mol. The highest BCUT2D eigenvalue weighted by Crippen LogP contribution is 2.21. The maximum atomic E-state index is 12.9. The summed E-state index contributed by atoms with van der Waals surface area (Å²) in [5, 5.41) is 4.69. The maximum Gasteiger partial charge on any atom is 0.264 e. The lowest BCUT2D eigenvalue weighted by molar-refractivity contribution is -0.152. The van der Waals surface area contributed by atoms with Crippen molar-refractivity contribution in [1.82, 2.24) is 15.1 Å². The predicted octanol–water partition coefficient (Wildman–Crippen LogP) is 1.15. The highest BCUT2D eigenvalue weighted by molar-refractivity contribution is 7.12. The molecule has 0 saturated carbocycles. The topological polar surface area (TPSA) is 79.0 Å². The molecule has 28 heavy (non-hydrogen) atoms. The summed E-state index contributed by atoms with van der Waals surface area (Å²) >= 11 is 1.38. The van der Waals surface area contributed by atoms with Crippen molar-refractivity contribution in [2.24, 2.45) is 0 Å². The molecule has 1 N–H and O–H groups in total. The fraction of sp³-hybridized carbons (Fsp3) is 0.350. The van der Waals surface area contributed by atoms with Gasteiger partial charge in [-0.2, -0.15) is 0 Å². The Bertz CT molecular complexity index is 881. The zero-order valence-corrected chi connectivity index (χ0v) is 16.3. The lowest BCUT2D eigenvalue weighted by Crippen LogP contribution is -2.70. The normalized spacial score (nSPS) is 21.9. The molecule has 3 heterocycles. The molecule has 2 aliphatic heterocycles. The molecule has 0 spiro atoms. The van der Waals surface area contributed by atoms with Gasteiger partial charge in [-0.1, -0.05) is 18.2 Å². The van der Waals surface area contributed by atoms with Gasteiger partial charge < -0.3 is 19.9 Å². The van der Waals surface area contributed by atoms with Crippen molar-refractivity contribution in [3.8, 4) is 5.75 Å². The summed E-state index contributed by atoms with van der Waals surface area (Å²) in [6, 6.07) is 9.84. The standard InChI is InChI=1S/C20H21N3O4S/c1-27-14-6-4-13(5-7-14)11-15-19(25)23-9-8-22(12-16(23)18(24)21-15)20(26)17-3-2-10-28-17/h2-7,10,15-16H,8-9,11-12H2,1H3,(H,21,24)/t15-,16-/m0/s1. The Labute approximate surface area is 166 Å². The van der Waals surface area contributed by atoms with Gasteiger partial charge in [-0.05, 0) is 29.1 Å². The molecule has 4 rings (SSSR count). The van der Waals surface area contributed by atoms with E-state index in [1.165, 1.54) is 11.3 Å². The summed E-state index contributed by atoms with van der Waals surface area (Å²) in [4.78, 5) is 42.1. The summed E-state index contributed by atoms with van der Waals surface area (Å²) in [6.45, 7) is 1.03. The lowest BCUT2D eigenvalue weighted by Gasteiger charge is -2.45. The molecule has 2 atom stereocenters. The van der Waals surface area contributed by atoms with Crippen LogP contribution in [0.15, 0.2) is 41.8 Å². The van der Waals surface area contributed by atoms with Crippen molar-refractivity contribution >= 4 is 29.1 Å². The Kier molecular flexibility index (Phi) is 5.04. The SMILES string of the molecule is COc1ccc(C[C@@H]2NC(=O)[C@@H]3CN(C(=O)c4cccs4)CCN3C2=O)cc1. The van der Waals surface area contributed by atoms with E-state index in [1.807, 2.05) is 35.7 Å². The molecule has 1 aromatic heterocycles. The number of ether oxygens (including phenoxy) is 1. The minimum atomic E-state index is -0.628. The second-order valence-corrected chi connectivity index (χ2v) is 7.84. The van der Waals surface area contributed by atoms with Crippen LogP contribution < -0.4 is 10.1 Å². The number of amides is 3. The molecule has 8 heteroatoms. The van der Waals surface area contributed by atoms with Gasteiger partial charge in [-0.3, -0.25) is 14.4 Å². The van der Waals surface area contributed by atoms with E-state index < -0.39 is 12.1 Å². The van der Waals surface area contributed by atoms with Crippen molar-refractivity contribution < 1.29 is 19.1 Å². The largest absolute Gasteiger partial charge is 0.497 e. The number of carbonyl (C=O) groups is 3. The Balaban J connectivity index is 1.44. The molecule has 2 fully saturated rings. The number of piperazine rings is 2. The molecule has 2 aliphatic rings. The quantitative estimate of drug-likeness (QED) is 0.837. The second kappa shape index (κ2) is 7.63. The van der Waals surface area contributed by atoms with Gasteiger partial charge in [-0.15, -0.1) is 11.3 Å². The van der Waals surface area contributed by atoms with Gasteiger partial charge >= 0.3 is 0 Å². The number of nitrogens with zero attached hydrogens (tertiary/aromatic N) is 2. The van der Waals surface area contributed by atoms with Crippen LogP contribution in [0.25, 0.3) is 0 Å². The van der Waals surface area contributed by atoms with Gasteiger partial charge in [-0.25, -0.2) is 0 Å². The van der Waals surface area contributed by atoms with Crippen LogP contribution in [0.4, 0.5) is 0 Å². The Morgan fingerprint density at radius 3 is 2.68 bits per heavy atom. The average Bonchev–Trinajstić information content (AvgIpc) is 3.26. The van der Waals surface area contributed by atoms with E-state index in [4.69, 9.17) is 4.74 Å². The van der Waals surface area contributed by atoms with Gasteiger partial charge in [0, 0.05) is 19.5 Å². The molecular weight excluding hydrogens is 378 g/mol. The molecule has 0 radical (unpaired) electrons. The van der Waals surface area contributed by atoms with E-state index in [-0.39, 0.29) is 24.3 Å². The first-order valence-electron chi connectivity index (χ1n) is 9.13. The Morgan fingerprint density at radius 2 is 2.00 bits per heavy atom. The van der Waals surface area contributed by atoms with Gasteiger partial charge in [0.2, 0.25) is 11.8 Å². The number of hydrogen-bond donors (Lipinski definition) is 1. The Hall–Kier alpha value is -2.87. The summed E-state index contributed by atoms with van der Waals surface area (Å²) in [6.07, 6.45) is 0.426. The van der Waals surface area contributed by atoms with Gasteiger partial charge in [0.05, 0.1) is 18.5 Å². The van der Waals surface area contributed by atoms with Crippen LogP contribution in [-0.4, -0.2) is 66.3 Å². The smallest absolute Gasteiger partial charge is 0.264 e. The number of methoxy groups -OCH3 is 1. The number of rotatable bonds is 4. The maximum absolute atomic E-state index is 12.9. The fourth-order valence-electron chi connectivity index (χ4n) is 3.68. The first kappa shape index (κ1) is 18.5. The van der Waals surface area contributed by atoms with E-state index in [0.29, 0.717) is 24.4 Å². The second-order valence-electron chi connectivity index (χ2n) is 6.89. The number of carbonyl (C=O) groups excluding carboxylic acids is 3. The van der Waals surface area contributed by atoms with Crippen LogP contribution in [-0.2, 0) is 16.0 Å². The molecule has 3 amide bonds. The van der Waals surface area contributed by atoms with E-state index >= 15 is 0 Å². The molecule has 0 unspecified atom stereocenters. The van der Waals surface area contributed by atoms with Crippen LogP contribution in [0.1, 0.15) is 15.2 Å². The minimum Gasteiger partial charge on any atom is -0.497 e. The van der Waals surface area contributed by atoms with Crippen molar-refractivity contribution in [3.63, 3.8) is 0 Å². The van der Waals surface area contributed by atoms with Crippen molar-refractivity contribution in [3.05, 3.63) is 52.2 Å². The van der Waals surface area contributed by atoms with Gasteiger partial charge in [0.1, 0.15) is 17.8 Å². The van der Waals surface area contributed by atoms with E-state index in [9.17, 15) is 14.4 Å². The fourth-order valence-corrected chi connectivity index (χ4v) is 4.37. The molecule has 0 bridgehead atoms. The predicted molar refractivity (Wildman–Crippen MR) is 104 cm³/mol. The van der Waals surface area contributed by atoms with Crippen LogP contribution in [0.3, 0.4) is 0 Å². The number of thiophene rings is 1. The highest BCUT2D eigenvalue weighted by Gasteiger charge is 2.44. The van der Waals surface area contributed by atoms with Crippen LogP contribution in [0, 0.1) is 0 Å². The number of benzene rings is 1. The van der Waals surface area contributed by atoms with E-state index in [0.717, 1.165) is 11.3 Å². The van der Waals surface area contributed by atoms with E-state index in [2.05, 4.69) is 5.32 Å². The van der Waals surface area contributed by atoms with Crippen LogP contribution in [0.5, 0.6) is 5.75 Å². The summed E-state index contributed by atoms with van der Waals surface area (Å²) in [7, 11) is 1.60. The molecule has 2 aromatic rings. The molecule has 7 nitrogen and oxygen atoms in total. The number of hydrogen-bond acceptors (Lipinski definition) is 5. The first-order valence-corrected chi connectivity index (χ1v) is 10.0. The third-order valence-corrected chi connectivity index (χ3v) is 6.06. The highest BCUT2D eigenvalue weighted by atomic mass is 32.1. The van der Waals surface area contributed by atoms with Gasteiger partial charge in [0.15, 0.2) is 0 Å². The number of fused-ring (bicyclic) bond motifs is 1. The van der Waals surface area contributed by atoms with E-state index in [1.54, 1.807) is 23.0 Å². The molecule has 1 aromatic carbocycles. The first-order chi connectivity index (χ1) is 13.6. The summed E-state index contributed by atoms with van der Waals surface area (Å²) in [5.41, 5.74) is 0.949.